The number of benzene rings is 2. The quantitative estimate of drug-likeness (QED) is 0.715. The van der Waals surface area contributed by atoms with E-state index in [0.29, 0.717) is 0 Å². The van der Waals surface area contributed by atoms with Crippen LogP contribution in [0.25, 0.3) is 0 Å². The van der Waals surface area contributed by atoms with E-state index >= 15 is 0 Å². The first-order chi connectivity index (χ1) is 8.28. The van der Waals surface area contributed by atoms with Crippen LogP contribution in [0.2, 0.25) is 0 Å². The largest absolute Gasteiger partial charge is 0.0651 e. The molecule has 2 aromatic rings. The van der Waals surface area contributed by atoms with Crippen LogP contribution in [0.15, 0.2) is 48.5 Å². The molecule has 0 N–H and O–H groups in total. The normalized spacial score (nSPS) is 10.5. The predicted molar refractivity (Wildman–Crippen MR) is 74.4 cm³/mol. The summed E-state index contributed by atoms with van der Waals surface area (Å²) in [5.41, 5.74) is 5.62. The summed E-state index contributed by atoms with van der Waals surface area (Å²) in [5, 5.41) is 0. The Morgan fingerprint density at radius 2 is 1.47 bits per heavy atom. The molecule has 0 bridgehead atoms. The van der Waals surface area contributed by atoms with Crippen molar-refractivity contribution in [1.82, 2.24) is 0 Å². The van der Waals surface area contributed by atoms with Gasteiger partial charge in [-0.3, -0.25) is 0 Å². The zero-order chi connectivity index (χ0) is 12.1. The molecule has 0 aliphatic heterocycles. The minimum Gasteiger partial charge on any atom is -0.0651 e. The van der Waals surface area contributed by atoms with E-state index in [2.05, 4.69) is 62.4 Å². The zero-order valence-corrected chi connectivity index (χ0v) is 10.7. The lowest BCUT2D eigenvalue weighted by molar-refractivity contribution is 0.918. The summed E-state index contributed by atoms with van der Waals surface area (Å²) in [5.74, 6) is 0. The molecule has 0 aromatic heterocycles. The van der Waals surface area contributed by atoms with Crippen molar-refractivity contribution < 1.29 is 0 Å². The number of rotatable bonds is 4. The highest BCUT2D eigenvalue weighted by Crippen LogP contribution is 2.13. The predicted octanol–water partition coefficient (Wildman–Crippen LogP) is 4.54. The SMILES string of the molecule is CCCc1cccc(Cc2cccc(C)c2)c1. The second-order valence-corrected chi connectivity index (χ2v) is 4.74. The highest BCUT2D eigenvalue weighted by Gasteiger charge is 1.98. The fraction of sp³-hybridized carbons (Fsp3) is 0.294. The molecule has 2 aromatic carbocycles. The van der Waals surface area contributed by atoms with E-state index in [0.717, 1.165) is 6.42 Å². The average molecular weight is 224 g/mol. The molecule has 0 heterocycles. The Hall–Kier alpha value is -1.56. The maximum Gasteiger partial charge on any atom is -0.00256 e. The van der Waals surface area contributed by atoms with Gasteiger partial charge in [0.1, 0.15) is 0 Å². The Balaban J connectivity index is 2.15. The summed E-state index contributed by atoms with van der Waals surface area (Å²) in [7, 11) is 0. The van der Waals surface area contributed by atoms with Gasteiger partial charge in [0, 0.05) is 0 Å². The molecule has 0 aliphatic carbocycles. The van der Waals surface area contributed by atoms with Gasteiger partial charge in [-0.25, -0.2) is 0 Å². The van der Waals surface area contributed by atoms with E-state index < -0.39 is 0 Å². The molecular formula is C17H20. The van der Waals surface area contributed by atoms with Gasteiger partial charge in [-0.15, -0.1) is 0 Å². The third-order valence-corrected chi connectivity index (χ3v) is 3.02. The smallest absolute Gasteiger partial charge is 0.00256 e. The van der Waals surface area contributed by atoms with Crippen molar-refractivity contribution in [3.63, 3.8) is 0 Å². The molecule has 0 spiro atoms. The van der Waals surface area contributed by atoms with Crippen LogP contribution in [-0.2, 0) is 12.8 Å². The van der Waals surface area contributed by atoms with E-state index in [9.17, 15) is 0 Å². The van der Waals surface area contributed by atoms with E-state index in [-0.39, 0.29) is 0 Å². The van der Waals surface area contributed by atoms with Gasteiger partial charge in [0.05, 0.1) is 0 Å². The van der Waals surface area contributed by atoms with Crippen LogP contribution < -0.4 is 0 Å². The second kappa shape index (κ2) is 5.67. The van der Waals surface area contributed by atoms with Gasteiger partial charge < -0.3 is 0 Å². The van der Waals surface area contributed by atoms with Crippen molar-refractivity contribution in [3.05, 3.63) is 70.8 Å². The summed E-state index contributed by atoms with van der Waals surface area (Å²) in [6, 6.07) is 17.7. The number of hydrogen-bond donors (Lipinski definition) is 0. The van der Waals surface area contributed by atoms with Gasteiger partial charge in [-0.1, -0.05) is 67.4 Å². The Bertz CT molecular complexity index is 483. The van der Waals surface area contributed by atoms with Crippen LogP contribution in [0, 0.1) is 6.92 Å². The molecule has 17 heavy (non-hydrogen) atoms. The van der Waals surface area contributed by atoms with Crippen LogP contribution in [-0.4, -0.2) is 0 Å². The summed E-state index contributed by atoms with van der Waals surface area (Å²) in [4.78, 5) is 0. The van der Waals surface area contributed by atoms with Gasteiger partial charge in [0.25, 0.3) is 0 Å². The van der Waals surface area contributed by atoms with Gasteiger partial charge in [-0.2, -0.15) is 0 Å². The summed E-state index contributed by atoms with van der Waals surface area (Å²) < 4.78 is 0. The van der Waals surface area contributed by atoms with Crippen molar-refractivity contribution in [3.8, 4) is 0 Å². The van der Waals surface area contributed by atoms with Gasteiger partial charge in [0.2, 0.25) is 0 Å². The summed E-state index contributed by atoms with van der Waals surface area (Å²) in [6.07, 6.45) is 3.44. The molecule has 0 saturated carbocycles. The molecule has 2 rings (SSSR count). The molecule has 0 amide bonds. The molecule has 0 nitrogen and oxygen atoms in total. The minimum atomic E-state index is 1.04. The molecule has 88 valence electrons. The molecule has 0 atom stereocenters. The molecule has 0 unspecified atom stereocenters. The lowest BCUT2D eigenvalue weighted by Crippen LogP contribution is -1.91. The van der Waals surface area contributed by atoms with E-state index in [1.165, 1.54) is 35.1 Å². The topological polar surface area (TPSA) is 0 Å². The standard InChI is InChI=1S/C17H20/c1-3-6-15-8-5-10-17(12-15)13-16-9-4-7-14(2)11-16/h4-5,7-12H,3,6,13H2,1-2H3. The van der Waals surface area contributed by atoms with Gasteiger partial charge in [0.15, 0.2) is 0 Å². The Morgan fingerprint density at radius 3 is 2.18 bits per heavy atom. The molecule has 0 heteroatoms. The number of hydrogen-bond acceptors (Lipinski definition) is 0. The first-order valence-electron chi connectivity index (χ1n) is 6.41. The Kier molecular flexibility index (Phi) is 3.98. The Labute approximate surface area is 104 Å². The van der Waals surface area contributed by atoms with Gasteiger partial charge >= 0.3 is 0 Å². The fourth-order valence-electron chi connectivity index (χ4n) is 2.24. The third kappa shape index (κ3) is 3.45. The molecular weight excluding hydrogens is 204 g/mol. The summed E-state index contributed by atoms with van der Waals surface area (Å²) in [6.45, 7) is 4.38. The van der Waals surface area contributed by atoms with E-state index in [4.69, 9.17) is 0 Å². The zero-order valence-electron chi connectivity index (χ0n) is 10.7. The minimum absolute atomic E-state index is 1.04. The van der Waals surface area contributed by atoms with E-state index in [1.807, 2.05) is 0 Å². The lowest BCUT2D eigenvalue weighted by atomic mass is 10.0. The lowest BCUT2D eigenvalue weighted by Gasteiger charge is -2.05. The number of aryl methyl sites for hydroxylation is 2. The van der Waals surface area contributed by atoms with Crippen LogP contribution in [0.1, 0.15) is 35.6 Å². The average Bonchev–Trinajstić information content (AvgIpc) is 2.30. The summed E-state index contributed by atoms with van der Waals surface area (Å²) >= 11 is 0. The molecule has 0 fully saturated rings. The fourth-order valence-corrected chi connectivity index (χ4v) is 2.24. The first-order valence-corrected chi connectivity index (χ1v) is 6.41. The molecule has 0 radical (unpaired) electrons. The highest BCUT2D eigenvalue weighted by atomic mass is 14.0. The second-order valence-electron chi connectivity index (χ2n) is 4.74. The maximum atomic E-state index is 2.34. The van der Waals surface area contributed by atoms with E-state index in [1.54, 1.807) is 0 Å². The maximum absolute atomic E-state index is 2.34. The molecule has 0 saturated heterocycles. The van der Waals surface area contributed by atoms with Crippen LogP contribution in [0.4, 0.5) is 0 Å². The highest BCUT2D eigenvalue weighted by molar-refractivity contribution is 5.31. The van der Waals surface area contributed by atoms with Crippen molar-refractivity contribution in [2.45, 2.75) is 33.1 Å². The van der Waals surface area contributed by atoms with Crippen molar-refractivity contribution in [2.24, 2.45) is 0 Å². The van der Waals surface area contributed by atoms with Gasteiger partial charge in [-0.05, 0) is 36.5 Å². The van der Waals surface area contributed by atoms with Crippen LogP contribution in [0.3, 0.4) is 0 Å². The third-order valence-electron chi connectivity index (χ3n) is 3.02. The van der Waals surface area contributed by atoms with Crippen LogP contribution in [0.5, 0.6) is 0 Å². The molecule has 0 aliphatic rings. The van der Waals surface area contributed by atoms with Crippen LogP contribution >= 0.6 is 0 Å². The van der Waals surface area contributed by atoms with Crippen molar-refractivity contribution in [1.29, 1.82) is 0 Å². The van der Waals surface area contributed by atoms with Crippen molar-refractivity contribution in [2.75, 3.05) is 0 Å². The Morgan fingerprint density at radius 1 is 0.824 bits per heavy atom. The first kappa shape index (κ1) is 11.9. The van der Waals surface area contributed by atoms with Crippen molar-refractivity contribution >= 4 is 0 Å². The monoisotopic (exact) mass is 224 g/mol.